The lowest BCUT2D eigenvalue weighted by atomic mass is 10.0. The van der Waals surface area contributed by atoms with Gasteiger partial charge in [-0.3, -0.25) is 14.7 Å². The van der Waals surface area contributed by atoms with Crippen LogP contribution in [-0.4, -0.2) is 92.8 Å². The van der Waals surface area contributed by atoms with Gasteiger partial charge in [-0.25, -0.2) is 9.88 Å². The Hall–Kier alpha value is -2.80. The third kappa shape index (κ3) is 6.12. The molecular weight excluding hydrogens is 477 g/mol. The van der Waals surface area contributed by atoms with Crippen LogP contribution in [0.1, 0.15) is 36.7 Å². The molecule has 0 spiro atoms. The van der Waals surface area contributed by atoms with Gasteiger partial charge in [-0.15, -0.1) is 0 Å². The third-order valence-electron chi connectivity index (χ3n) is 6.98. The van der Waals surface area contributed by atoms with Gasteiger partial charge in [0.2, 0.25) is 5.91 Å². The standard InChI is InChI=1S/C24H31F3N6O3/c1-17(24(25,26)27)31-12-7-19(8-13-31)33-16-15-32(14-9-23(33,35)36)21-4-2-3-20(30-21)22(34)29-18-5-10-28-11-6-18/h2-6,10-11,17,19,35-36H,7-9,12-16H2,1H3,(H,28,29,34). The van der Waals surface area contributed by atoms with Gasteiger partial charge >= 0.3 is 6.18 Å². The Bertz CT molecular complexity index is 1030. The van der Waals surface area contributed by atoms with Crippen LogP contribution in [0.4, 0.5) is 24.7 Å². The highest BCUT2D eigenvalue weighted by Gasteiger charge is 2.44. The van der Waals surface area contributed by atoms with E-state index < -0.39 is 18.1 Å². The van der Waals surface area contributed by atoms with E-state index in [4.69, 9.17) is 0 Å². The number of carbonyl (C=O) groups is 1. The fourth-order valence-corrected chi connectivity index (χ4v) is 4.80. The number of nitrogens with zero attached hydrogens (tertiary/aromatic N) is 5. The normalized spacial score (nSPS) is 21.1. The number of anilines is 2. The Kier molecular flexibility index (Phi) is 7.79. The molecule has 0 radical (unpaired) electrons. The minimum Gasteiger partial charge on any atom is -0.355 e. The number of halogens is 3. The van der Waals surface area contributed by atoms with Crippen LogP contribution < -0.4 is 10.2 Å². The maximum Gasteiger partial charge on any atom is 0.403 e. The Morgan fingerprint density at radius 3 is 2.44 bits per heavy atom. The summed E-state index contributed by atoms with van der Waals surface area (Å²) in [5.41, 5.74) is 0.810. The van der Waals surface area contributed by atoms with Crippen molar-refractivity contribution in [1.29, 1.82) is 0 Å². The number of amides is 1. The summed E-state index contributed by atoms with van der Waals surface area (Å²) in [6.07, 6.45) is -0.331. The van der Waals surface area contributed by atoms with E-state index in [2.05, 4.69) is 15.3 Å². The predicted molar refractivity (Wildman–Crippen MR) is 127 cm³/mol. The van der Waals surface area contributed by atoms with Gasteiger partial charge < -0.3 is 20.4 Å². The number of hydrogen-bond donors (Lipinski definition) is 3. The molecule has 4 rings (SSSR count). The number of rotatable bonds is 5. The molecule has 2 aliphatic heterocycles. The second kappa shape index (κ2) is 10.7. The topological polar surface area (TPSA) is 105 Å². The van der Waals surface area contributed by atoms with Gasteiger partial charge in [0.25, 0.3) is 5.91 Å². The molecule has 2 saturated heterocycles. The molecular formula is C24H31F3N6O3. The molecule has 2 aromatic rings. The van der Waals surface area contributed by atoms with Crippen molar-refractivity contribution in [3.8, 4) is 0 Å². The molecule has 0 saturated carbocycles. The first-order chi connectivity index (χ1) is 17.0. The van der Waals surface area contributed by atoms with E-state index in [9.17, 15) is 28.2 Å². The van der Waals surface area contributed by atoms with Gasteiger partial charge in [-0.2, -0.15) is 13.2 Å². The molecule has 0 bridgehead atoms. The molecule has 0 aliphatic carbocycles. The molecule has 2 aromatic heterocycles. The van der Waals surface area contributed by atoms with Crippen molar-refractivity contribution in [2.75, 3.05) is 42.9 Å². The summed E-state index contributed by atoms with van der Waals surface area (Å²) >= 11 is 0. The molecule has 4 heterocycles. The van der Waals surface area contributed by atoms with Gasteiger partial charge in [0.05, 0.1) is 0 Å². The zero-order chi connectivity index (χ0) is 25.9. The smallest absolute Gasteiger partial charge is 0.355 e. The van der Waals surface area contributed by atoms with Gasteiger partial charge in [0, 0.05) is 63.3 Å². The van der Waals surface area contributed by atoms with E-state index in [0.29, 0.717) is 37.4 Å². The summed E-state index contributed by atoms with van der Waals surface area (Å²) in [6.45, 7) is 2.63. The minimum atomic E-state index is -4.29. The number of aromatic nitrogens is 2. The molecule has 9 nitrogen and oxygen atoms in total. The number of hydrogen-bond acceptors (Lipinski definition) is 8. The third-order valence-corrected chi connectivity index (χ3v) is 6.98. The number of aliphatic hydroxyl groups is 2. The average Bonchev–Trinajstić information content (AvgIpc) is 3.01. The molecule has 0 aromatic carbocycles. The summed E-state index contributed by atoms with van der Waals surface area (Å²) < 4.78 is 39.2. The van der Waals surface area contributed by atoms with Crippen molar-refractivity contribution in [3.63, 3.8) is 0 Å². The molecule has 196 valence electrons. The van der Waals surface area contributed by atoms with Crippen molar-refractivity contribution in [2.45, 2.75) is 50.4 Å². The Labute approximate surface area is 207 Å². The monoisotopic (exact) mass is 508 g/mol. The molecule has 2 fully saturated rings. The van der Waals surface area contributed by atoms with Crippen LogP contribution in [0.25, 0.3) is 0 Å². The number of nitrogens with one attached hydrogen (secondary N) is 1. The van der Waals surface area contributed by atoms with Crippen molar-refractivity contribution in [2.24, 2.45) is 0 Å². The van der Waals surface area contributed by atoms with E-state index >= 15 is 0 Å². The highest BCUT2D eigenvalue weighted by atomic mass is 19.4. The second-order valence-corrected chi connectivity index (χ2v) is 9.26. The lowest BCUT2D eigenvalue weighted by Gasteiger charge is -2.44. The van der Waals surface area contributed by atoms with E-state index in [1.54, 1.807) is 47.6 Å². The van der Waals surface area contributed by atoms with Crippen LogP contribution in [0.15, 0.2) is 42.7 Å². The maximum absolute atomic E-state index is 13.1. The number of carbonyl (C=O) groups excluding carboxylic acids is 1. The van der Waals surface area contributed by atoms with Gasteiger partial charge in [0.1, 0.15) is 17.6 Å². The van der Waals surface area contributed by atoms with E-state index in [1.807, 2.05) is 4.90 Å². The Morgan fingerprint density at radius 2 is 1.78 bits per heavy atom. The lowest BCUT2D eigenvalue weighted by Crippen LogP contribution is -2.58. The number of pyridine rings is 2. The van der Waals surface area contributed by atoms with Crippen LogP contribution in [0.5, 0.6) is 0 Å². The summed E-state index contributed by atoms with van der Waals surface area (Å²) in [7, 11) is 0. The first-order valence-electron chi connectivity index (χ1n) is 12.0. The fraction of sp³-hybridized carbons (Fsp3) is 0.542. The van der Waals surface area contributed by atoms with Crippen LogP contribution >= 0.6 is 0 Å². The molecule has 1 amide bonds. The molecule has 2 aliphatic rings. The molecule has 12 heteroatoms. The van der Waals surface area contributed by atoms with Crippen molar-refractivity contribution < 1.29 is 28.2 Å². The van der Waals surface area contributed by atoms with E-state index in [-0.39, 0.29) is 43.7 Å². The Balaban J connectivity index is 1.40. The predicted octanol–water partition coefficient (Wildman–Crippen LogP) is 2.29. The van der Waals surface area contributed by atoms with Crippen molar-refractivity contribution >= 4 is 17.4 Å². The van der Waals surface area contributed by atoms with Gasteiger partial charge in [-0.1, -0.05) is 6.07 Å². The first-order valence-corrected chi connectivity index (χ1v) is 12.0. The van der Waals surface area contributed by atoms with Crippen LogP contribution in [0, 0.1) is 0 Å². The molecule has 3 N–H and O–H groups in total. The Morgan fingerprint density at radius 1 is 1.08 bits per heavy atom. The maximum atomic E-state index is 13.1. The largest absolute Gasteiger partial charge is 0.403 e. The fourth-order valence-electron chi connectivity index (χ4n) is 4.80. The van der Waals surface area contributed by atoms with Crippen LogP contribution in [0.2, 0.25) is 0 Å². The lowest BCUT2D eigenvalue weighted by molar-refractivity contribution is -0.277. The summed E-state index contributed by atoms with van der Waals surface area (Å²) in [5.74, 6) is -1.94. The van der Waals surface area contributed by atoms with E-state index in [0.717, 1.165) is 6.92 Å². The molecule has 1 atom stereocenters. The van der Waals surface area contributed by atoms with Crippen LogP contribution in [-0.2, 0) is 0 Å². The molecule has 1 unspecified atom stereocenters. The summed E-state index contributed by atoms with van der Waals surface area (Å²) in [5, 5.41) is 24.4. The zero-order valence-electron chi connectivity index (χ0n) is 20.0. The highest BCUT2D eigenvalue weighted by molar-refractivity contribution is 6.03. The second-order valence-electron chi connectivity index (χ2n) is 9.26. The first kappa shape index (κ1) is 26.3. The van der Waals surface area contributed by atoms with Crippen LogP contribution in [0.3, 0.4) is 0 Å². The minimum absolute atomic E-state index is 0.00128. The average molecular weight is 509 g/mol. The quantitative estimate of drug-likeness (QED) is 0.529. The SMILES string of the molecule is CC(N1CCC(N2CCN(c3cccc(C(=O)Nc4ccncc4)n3)CCC2(O)O)CC1)C(F)(F)F. The van der Waals surface area contributed by atoms with Crippen molar-refractivity contribution in [1.82, 2.24) is 19.8 Å². The summed E-state index contributed by atoms with van der Waals surface area (Å²) in [6, 6.07) is 6.63. The molecule has 36 heavy (non-hydrogen) atoms. The number of alkyl halides is 3. The van der Waals surface area contributed by atoms with Gasteiger partial charge in [0.15, 0.2) is 0 Å². The number of piperidine rings is 1. The van der Waals surface area contributed by atoms with E-state index in [1.165, 1.54) is 4.90 Å². The highest BCUT2D eigenvalue weighted by Crippen LogP contribution is 2.31. The van der Waals surface area contributed by atoms with Gasteiger partial charge in [-0.05, 0) is 44.0 Å². The summed E-state index contributed by atoms with van der Waals surface area (Å²) in [4.78, 5) is 25.9. The zero-order valence-corrected chi connectivity index (χ0v) is 20.0. The van der Waals surface area contributed by atoms with Crippen molar-refractivity contribution in [3.05, 3.63) is 48.4 Å². The number of likely N-dealkylation sites (tertiary alicyclic amines) is 1.